The Labute approximate surface area is 71.6 Å². The van der Waals surface area contributed by atoms with Gasteiger partial charge in [0.2, 0.25) is 0 Å². The van der Waals surface area contributed by atoms with Crippen LogP contribution in [-0.2, 0) is 6.42 Å². The van der Waals surface area contributed by atoms with Gasteiger partial charge in [-0.25, -0.2) is 4.98 Å². The molecule has 1 heterocycles. The second-order valence-electron chi connectivity index (χ2n) is 2.85. The highest BCUT2D eigenvalue weighted by atomic mass is 18.2. The second-order valence-corrected chi connectivity index (χ2v) is 2.85. The Hall–Kier alpha value is -1.12. The van der Waals surface area contributed by atoms with E-state index in [1.807, 2.05) is 13.0 Å². The van der Waals surface area contributed by atoms with Gasteiger partial charge in [0.1, 0.15) is 5.82 Å². The lowest BCUT2D eigenvalue weighted by atomic mass is 10.2. The molecule has 0 fully saturated rings. The fourth-order valence-electron chi connectivity index (χ4n) is 1.14. The van der Waals surface area contributed by atoms with Crippen molar-refractivity contribution in [1.29, 1.82) is 0 Å². The number of aryl methyl sites for hydroxylation is 2. The van der Waals surface area contributed by atoms with Gasteiger partial charge in [0.25, 0.3) is 0 Å². The van der Waals surface area contributed by atoms with Crippen molar-refractivity contribution in [3.8, 4) is 0 Å². The van der Waals surface area contributed by atoms with Gasteiger partial charge in [-0.2, -0.15) is 0 Å². The maximum absolute atomic E-state index is 11.8. The van der Waals surface area contributed by atoms with Crippen LogP contribution in [0.25, 0.3) is 0 Å². The Morgan fingerprint density at radius 1 is 1.50 bits per heavy atom. The first-order valence-corrected chi connectivity index (χ1v) is 4.01. The van der Waals surface area contributed by atoms with Gasteiger partial charge in [0, 0.05) is 5.69 Å². The minimum absolute atomic E-state index is 0.296. The summed E-state index contributed by atoms with van der Waals surface area (Å²) in [5.41, 5.74) is 7.49. The van der Waals surface area contributed by atoms with E-state index in [4.69, 9.17) is 5.73 Å². The van der Waals surface area contributed by atoms with Crippen LogP contribution in [0, 0.1) is 6.92 Å². The number of nitrogen functional groups attached to an aromatic ring is 1. The molecule has 1 rings (SSSR count). The molecular formula is C9H13FN2. The van der Waals surface area contributed by atoms with Crippen molar-refractivity contribution >= 4 is 5.82 Å². The highest BCUT2D eigenvalue weighted by Gasteiger charge is 1.97. The molecule has 0 aliphatic carbocycles. The average Bonchev–Trinajstić information content (AvgIpc) is 1.99. The van der Waals surface area contributed by atoms with Gasteiger partial charge < -0.3 is 5.73 Å². The Morgan fingerprint density at radius 3 is 2.83 bits per heavy atom. The van der Waals surface area contributed by atoms with Crippen molar-refractivity contribution in [3.05, 3.63) is 23.4 Å². The first-order valence-electron chi connectivity index (χ1n) is 4.01. The maximum Gasteiger partial charge on any atom is 0.123 e. The van der Waals surface area contributed by atoms with Crippen molar-refractivity contribution in [1.82, 2.24) is 4.98 Å². The smallest absolute Gasteiger partial charge is 0.123 e. The topological polar surface area (TPSA) is 38.9 Å². The number of nitrogens with zero attached hydrogens (tertiary/aromatic N) is 1. The van der Waals surface area contributed by atoms with E-state index >= 15 is 0 Å². The molecule has 0 aliphatic rings. The van der Waals surface area contributed by atoms with Gasteiger partial charge in [-0.15, -0.1) is 0 Å². The number of halogens is 1. The molecule has 0 spiro atoms. The maximum atomic E-state index is 11.8. The third kappa shape index (κ3) is 2.49. The molecule has 3 heteroatoms. The Morgan fingerprint density at radius 2 is 2.25 bits per heavy atom. The second kappa shape index (κ2) is 4.04. The summed E-state index contributed by atoms with van der Waals surface area (Å²) in [6.07, 6.45) is 1.19. The summed E-state index contributed by atoms with van der Waals surface area (Å²) in [7, 11) is 0. The van der Waals surface area contributed by atoms with E-state index in [-0.39, 0.29) is 6.67 Å². The fraction of sp³-hybridized carbons (Fsp3) is 0.444. The molecule has 0 atom stereocenters. The van der Waals surface area contributed by atoms with Crippen LogP contribution in [0.4, 0.5) is 10.2 Å². The molecule has 0 saturated carbocycles. The van der Waals surface area contributed by atoms with Crippen LogP contribution in [0.1, 0.15) is 17.7 Å². The zero-order chi connectivity index (χ0) is 8.97. The predicted octanol–water partition coefficient (Wildman–Crippen LogP) is 1.87. The average molecular weight is 167 g/mol. The van der Waals surface area contributed by atoms with Crippen LogP contribution in [-0.4, -0.2) is 11.7 Å². The summed E-state index contributed by atoms with van der Waals surface area (Å²) in [5, 5.41) is 0. The van der Waals surface area contributed by atoms with Crippen LogP contribution in [0.15, 0.2) is 12.1 Å². The summed E-state index contributed by atoms with van der Waals surface area (Å²) in [6.45, 7) is 1.66. The predicted molar refractivity (Wildman–Crippen MR) is 47.7 cm³/mol. The Balaban J connectivity index is 2.72. The number of hydrogen-bond acceptors (Lipinski definition) is 2. The van der Waals surface area contributed by atoms with Gasteiger partial charge in [0.15, 0.2) is 0 Å². The molecule has 0 radical (unpaired) electrons. The highest BCUT2D eigenvalue weighted by Crippen LogP contribution is 2.08. The lowest BCUT2D eigenvalue weighted by Gasteiger charge is -2.01. The van der Waals surface area contributed by atoms with E-state index in [1.165, 1.54) is 0 Å². The van der Waals surface area contributed by atoms with Crippen LogP contribution in [0.2, 0.25) is 0 Å². The number of hydrogen-bond donors (Lipinski definition) is 1. The van der Waals surface area contributed by atoms with Gasteiger partial charge >= 0.3 is 0 Å². The molecule has 0 amide bonds. The lowest BCUT2D eigenvalue weighted by molar-refractivity contribution is 0.471. The summed E-state index contributed by atoms with van der Waals surface area (Å²) >= 11 is 0. The van der Waals surface area contributed by atoms with Crippen molar-refractivity contribution < 1.29 is 4.39 Å². The normalized spacial score (nSPS) is 10.2. The molecular weight excluding hydrogens is 154 g/mol. The third-order valence-corrected chi connectivity index (χ3v) is 1.61. The lowest BCUT2D eigenvalue weighted by Crippen LogP contribution is -1.97. The molecule has 66 valence electrons. The largest absolute Gasteiger partial charge is 0.384 e. The van der Waals surface area contributed by atoms with E-state index in [9.17, 15) is 4.39 Å². The first-order chi connectivity index (χ1) is 5.72. The van der Waals surface area contributed by atoms with Gasteiger partial charge in [0.05, 0.1) is 6.67 Å². The van der Waals surface area contributed by atoms with Crippen molar-refractivity contribution in [2.45, 2.75) is 19.8 Å². The number of rotatable bonds is 3. The summed E-state index contributed by atoms with van der Waals surface area (Å²) in [5.74, 6) is 0.517. The highest BCUT2D eigenvalue weighted by molar-refractivity contribution is 5.34. The minimum atomic E-state index is -0.296. The standard InChI is InChI=1S/C9H13FN2/c1-7-5-8(3-2-4-10)12-9(11)6-7/h5-6H,2-4H2,1H3,(H2,11,12)/i10-1. The molecule has 12 heavy (non-hydrogen) atoms. The SMILES string of the molecule is Cc1cc(N)nc(CCC[18F])c1. The first kappa shape index (κ1) is 8.97. The molecule has 0 saturated heterocycles. The Bertz CT molecular complexity index is 240. The zero-order valence-electron chi connectivity index (χ0n) is 7.18. The van der Waals surface area contributed by atoms with Crippen molar-refractivity contribution in [2.24, 2.45) is 0 Å². The Kier molecular flexibility index (Phi) is 3.02. The number of pyridine rings is 1. The van der Waals surface area contributed by atoms with Gasteiger partial charge in [-0.05, 0) is 37.5 Å². The van der Waals surface area contributed by atoms with Crippen molar-refractivity contribution in [3.63, 3.8) is 0 Å². The number of nitrogens with two attached hydrogens (primary N) is 1. The monoisotopic (exact) mass is 167 g/mol. The van der Waals surface area contributed by atoms with Crippen LogP contribution < -0.4 is 5.73 Å². The number of anilines is 1. The van der Waals surface area contributed by atoms with Crippen molar-refractivity contribution in [2.75, 3.05) is 12.4 Å². The minimum Gasteiger partial charge on any atom is -0.384 e. The number of aromatic nitrogens is 1. The molecule has 0 bridgehead atoms. The molecule has 0 aliphatic heterocycles. The van der Waals surface area contributed by atoms with E-state index in [1.54, 1.807) is 6.07 Å². The fourth-order valence-corrected chi connectivity index (χ4v) is 1.14. The van der Waals surface area contributed by atoms with Crippen LogP contribution in [0.5, 0.6) is 0 Å². The quantitative estimate of drug-likeness (QED) is 0.746. The molecule has 2 nitrogen and oxygen atoms in total. The van der Waals surface area contributed by atoms with E-state index in [0.717, 1.165) is 11.3 Å². The molecule has 2 N–H and O–H groups in total. The van der Waals surface area contributed by atoms with E-state index < -0.39 is 0 Å². The molecule has 0 unspecified atom stereocenters. The van der Waals surface area contributed by atoms with Gasteiger partial charge in [-0.1, -0.05) is 0 Å². The van der Waals surface area contributed by atoms with Crippen LogP contribution >= 0.6 is 0 Å². The van der Waals surface area contributed by atoms with E-state index in [0.29, 0.717) is 18.7 Å². The molecule has 0 aromatic carbocycles. The zero-order valence-corrected chi connectivity index (χ0v) is 7.18. The summed E-state index contributed by atoms with van der Waals surface area (Å²) in [4.78, 5) is 4.08. The van der Waals surface area contributed by atoms with Crippen LogP contribution in [0.3, 0.4) is 0 Å². The third-order valence-electron chi connectivity index (χ3n) is 1.61. The molecule has 1 aromatic rings. The van der Waals surface area contributed by atoms with Gasteiger partial charge in [-0.3, -0.25) is 4.39 Å². The number of alkyl halides is 1. The molecule has 1 aromatic heterocycles. The summed E-state index contributed by atoms with van der Waals surface area (Å²) in [6, 6.07) is 3.74. The van der Waals surface area contributed by atoms with E-state index in [2.05, 4.69) is 4.98 Å². The summed E-state index contributed by atoms with van der Waals surface area (Å²) < 4.78 is 11.8.